The fourth-order valence-electron chi connectivity index (χ4n) is 2.06. The van der Waals surface area contributed by atoms with Crippen LogP contribution in [-0.2, 0) is 0 Å². The fourth-order valence-corrected chi connectivity index (χ4v) is 2.47. The Kier molecular flexibility index (Phi) is 3.86. The van der Waals surface area contributed by atoms with E-state index in [1.54, 1.807) is 0 Å². The lowest BCUT2D eigenvalue weighted by atomic mass is 10.2. The molecular formula is C9H18BrN. The highest BCUT2D eigenvalue weighted by molar-refractivity contribution is 9.09. The van der Waals surface area contributed by atoms with Gasteiger partial charge < -0.3 is 0 Å². The van der Waals surface area contributed by atoms with Gasteiger partial charge in [0.1, 0.15) is 0 Å². The van der Waals surface area contributed by atoms with Gasteiger partial charge >= 0.3 is 0 Å². The molecule has 0 aromatic carbocycles. The summed E-state index contributed by atoms with van der Waals surface area (Å²) < 4.78 is 0. The third-order valence-corrected chi connectivity index (χ3v) is 3.12. The van der Waals surface area contributed by atoms with Crippen LogP contribution >= 0.6 is 15.9 Å². The Balaban J connectivity index is 2.42. The van der Waals surface area contributed by atoms with Gasteiger partial charge in [-0.3, -0.25) is 4.90 Å². The minimum atomic E-state index is 0.817. The quantitative estimate of drug-likeness (QED) is 0.661. The van der Waals surface area contributed by atoms with Crippen LogP contribution in [0.5, 0.6) is 0 Å². The molecule has 0 aliphatic carbocycles. The summed E-state index contributed by atoms with van der Waals surface area (Å²) in [6, 6.07) is 1.68. The molecule has 0 saturated carbocycles. The van der Waals surface area contributed by atoms with E-state index in [0.29, 0.717) is 0 Å². The molecule has 1 rings (SSSR count). The Morgan fingerprint density at radius 3 is 2.73 bits per heavy atom. The first-order valence-corrected chi connectivity index (χ1v) is 5.73. The van der Waals surface area contributed by atoms with E-state index in [9.17, 15) is 0 Å². The Morgan fingerprint density at radius 2 is 2.18 bits per heavy atom. The van der Waals surface area contributed by atoms with E-state index < -0.39 is 0 Å². The van der Waals surface area contributed by atoms with Crippen molar-refractivity contribution in [2.45, 2.75) is 45.2 Å². The van der Waals surface area contributed by atoms with Crippen molar-refractivity contribution in [3.05, 3.63) is 0 Å². The van der Waals surface area contributed by atoms with Gasteiger partial charge in [-0.25, -0.2) is 0 Å². The predicted octanol–water partition coefficient (Wildman–Crippen LogP) is 2.64. The van der Waals surface area contributed by atoms with Crippen molar-refractivity contribution in [3.63, 3.8) is 0 Å². The molecule has 2 atom stereocenters. The Bertz CT molecular complexity index is 116. The van der Waals surface area contributed by atoms with Crippen molar-refractivity contribution in [1.29, 1.82) is 0 Å². The van der Waals surface area contributed by atoms with E-state index in [4.69, 9.17) is 0 Å². The zero-order chi connectivity index (χ0) is 8.27. The van der Waals surface area contributed by atoms with Gasteiger partial charge in [0.2, 0.25) is 0 Å². The van der Waals surface area contributed by atoms with Crippen LogP contribution in [0.1, 0.15) is 33.1 Å². The van der Waals surface area contributed by atoms with Crippen molar-refractivity contribution >= 4 is 15.9 Å². The normalized spacial score (nSPS) is 33.0. The van der Waals surface area contributed by atoms with Crippen molar-refractivity contribution < 1.29 is 0 Å². The highest BCUT2D eigenvalue weighted by Gasteiger charge is 2.27. The third-order valence-electron chi connectivity index (χ3n) is 2.77. The maximum absolute atomic E-state index is 3.50. The van der Waals surface area contributed by atoms with Crippen molar-refractivity contribution in [1.82, 2.24) is 4.90 Å². The molecule has 0 amide bonds. The SMILES string of the molecule is CCC1CCC(C)N1CCBr. The zero-order valence-electron chi connectivity index (χ0n) is 7.52. The molecule has 1 nitrogen and oxygen atoms in total. The van der Waals surface area contributed by atoms with Gasteiger partial charge in [-0.05, 0) is 26.2 Å². The Hall–Kier alpha value is 0.440. The summed E-state index contributed by atoms with van der Waals surface area (Å²) in [5, 5.41) is 1.12. The summed E-state index contributed by atoms with van der Waals surface area (Å²) in [6.45, 7) is 5.86. The van der Waals surface area contributed by atoms with Crippen LogP contribution in [0.2, 0.25) is 0 Å². The molecule has 1 aliphatic heterocycles. The summed E-state index contributed by atoms with van der Waals surface area (Å²) in [5.41, 5.74) is 0. The zero-order valence-corrected chi connectivity index (χ0v) is 9.10. The van der Waals surface area contributed by atoms with Crippen LogP contribution in [0, 0.1) is 0 Å². The van der Waals surface area contributed by atoms with E-state index in [-0.39, 0.29) is 0 Å². The number of hydrogen-bond acceptors (Lipinski definition) is 1. The van der Waals surface area contributed by atoms with Crippen molar-refractivity contribution in [2.24, 2.45) is 0 Å². The van der Waals surface area contributed by atoms with Crippen LogP contribution in [0.4, 0.5) is 0 Å². The summed E-state index contributed by atoms with van der Waals surface area (Å²) in [7, 11) is 0. The number of nitrogens with zero attached hydrogens (tertiary/aromatic N) is 1. The number of alkyl halides is 1. The predicted molar refractivity (Wildman–Crippen MR) is 53.3 cm³/mol. The topological polar surface area (TPSA) is 3.24 Å². The Labute approximate surface area is 78.3 Å². The van der Waals surface area contributed by atoms with Gasteiger partial charge in [0.15, 0.2) is 0 Å². The average Bonchev–Trinajstić information content (AvgIpc) is 2.34. The molecule has 1 aliphatic rings. The van der Waals surface area contributed by atoms with Crippen LogP contribution in [0.3, 0.4) is 0 Å². The standard InChI is InChI=1S/C9H18BrN/c1-3-9-5-4-8(2)11(9)7-6-10/h8-9H,3-7H2,1-2H3. The van der Waals surface area contributed by atoms with Gasteiger partial charge in [-0.1, -0.05) is 22.9 Å². The van der Waals surface area contributed by atoms with E-state index in [1.807, 2.05) is 0 Å². The Morgan fingerprint density at radius 1 is 1.45 bits per heavy atom. The number of hydrogen-bond donors (Lipinski definition) is 0. The smallest absolute Gasteiger partial charge is 0.0159 e. The largest absolute Gasteiger partial charge is 0.297 e. The molecule has 0 aromatic rings. The summed E-state index contributed by atoms with van der Waals surface area (Å²) in [4.78, 5) is 2.63. The van der Waals surface area contributed by atoms with Crippen LogP contribution in [-0.4, -0.2) is 28.9 Å². The van der Waals surface area contributed by atoms with Crippen LogP contribution < -0.4 is 0 Å². The molecule has 66 valence electrons. The second kappa shape index (κ2) is 4.46. The molecule has 1 heterocycles. The first kappa shape index (κ1) is 9.53. The maximum atomic E-state index is 3.50. The molecule has 1 saturated heterocycles. The van der Waals surface area contributed by atoms with E-state index >= 15 is 0 Å². The number of likely N-dealkylation sites (tertiary alicyclic amines) is 1. The monoisotopic (exact) mass is 219 g/mol. The molecule has 0 N–H and O–H groups in total. The summed E-state index contributed by atoms with van der Waals surface area (Å²) >= 11 is 3.50. The van der Waals surface area contributed by atoms with Crippen molar-refractivity contribution in [2.75, 3.05) is 11.9 Å². The van der Waals surface area contributed by atoms with E-state index in [0.717, 1.165) is 17.4 Å². The second-order valence-corrected chi connectivity index (χ2v) is 4.21. The van der Waals surface area contributed by atoms with E-state index in [2.05, 4.69) is 34.7 Å². The third kappa shape index (κ3) is 2.19. The highest BCUT2D eigenvalue weighted by Crippen LogP contribution is 2.25. The molecule has 1 fully saturated rings. The highest BCUT2D eigenvalue weighted by atomic mass is 79.9. The molecule has 0 radical (unpaired) electrons. The molecule has 2 unspecified atom stereocenters. The van der Waals surface area contributed by atoms with Crippen molar-refractivity contribution in [3.8, 4) is 0 Å². The van der Waals surface area contributed by atoms with Gasteiger partial charge in [0, 0.05) is 24.0 Å². The minimum Gasteiger partial charge on any atom is -0.297 e. The van der Waals surface area contributed by atoms with Crippen LogP contribution in [0.25, 0.3) is 0 Å². The van der Waals surface area contributed by atoms with E-state index in [1.165, 1.54) is 25.8 Å². The second-order valence-electron chi connectivity index (χ2n) is 3.42. The van der Waals surface area contributed by atoms with Gasteiger partial charge in [-0.2, -0.15) is 0 Å². The molecule has 0 spiro atoms. The lowest BCUT2D eigenvalue weighted by Gasteiger charge is -2.26. The lowest BCUT2D eigenvalue weighted by molar-refractivity contribution is 0.212. The van der Waals surface area contributed by atoms with Crippen LogP contribution in [0.15, 0.2) is 0 Å². The van der Waals surface area contributed by atoms with Gasteiger partial charge in [0.05, 0.1) is 0 Å². The first-order valence-electron chi connectivity index (χ1n) is 4.61. The lowest BCUT2D eigenvalue weighted by Crippen LogP contribution is -2.35. The molecular weight excluding hydrogens is 202 g/mol. The number of halogens is 1. The fraction of sp³-hybridized carbons (Fsp3) is 1.00. The molecule has 2 heteroatoms. The number of rotatable bonds is 3. The first-order chi connectivity index (χ1) is 5.29. The average molecular weight is 220 g/mol. The minimum absolute atomic E-state index is 0.817. The van der Waals surface area contributed by atoms with Gasteiger partial charge in [0.25, 0.3) is 0 Å². The maximum Gasteiger partial charge on any atom is 0.0159 e. The molecule has 0 aromatic heterocycles. The summed E-state index contributed by atoms with van der Waals surface area (Å²) in [6.07, 6.45) is 4.12. The molecule has 0 bridgehead atoms. The van der Waals surface area contributed by atoms with Gasteiger partial charge in [-0.15, -0.1) is 0 Å². The molecule has 11 heavy (non-hydrogen) atoms. The summed E-state index contributed by atoms with van der Waals surface area (Å²) in [5.74, 6) is 0.